The molecule has 0 spiro atoms. The molecule has 0 bridgehead atoms. The van der Waals surface area contributed by atoms with Crippen molar-refractivity contribution in [3.63, 3.8) is 0 Å². The van der Waals surface area contributed by atoms with Crippen LogP contribution in [0.25, 0.3) is 0 Å². The van der Waals surface area contributed by atoms with Crippen LogP contribution < -0.4 is 5.32 Å². The second kappa shape index (κ2) is 6.25. The topological polar surface area (TPSA) is 81.7 Å². The van der Waals surface area contributed by atoms with Crippen molar-refractivity contribution in [1.29, 1.82) is 0 Å². The summed E-state index contributed by atoms with van der Waals surface area (Å²) in [6, 6.07) is 0. The van der Waals surface area contributed by atoms with E-state index in [2.05, 4.69) is 32.7 Å². The summed E-state index contributed by atoms with van der Waals surface area (Å²) in [5.74, 6) is 1.21. The van der Waals surface area contributed by atoms with Gasteiger partial charge in [-0.2, -0.15) is 0 Å². The summed E-state index contributed by atoms with van der Waals surface area (Å²) < 4.78 is 7.12. The highest BCUT2D eigenvalue weighted by atomic mass is 16.4. The third-order valence-electron chi connectivity index (χ3n) is 2.43. The zero-order chi connectivity index (χ0) is 12.8. The van der Waals surface area contributed by atoms with E-state index in [9.17, 15) is 0 Å². The van der Waals surface area contributed by atoms with Crippen molar-refractivity contribution in [3.05, 3.63) is 23.7 Å². The van der Waals surface area contributed by atoms with Crippen molar-refractivity contribution in [3.8, 4) is 0 Å². The lowest BCUT2D eigenvalue weighted by Gasteiger charge is -1.97. The van der Waals surface area contributed by atoms with Gasteiger partial charge in [0.15, 0.2) is 0 Å². The van der Waals surface area contributed by atoms with Gasteiger partial charge in [-0.05, 0) is 13.0 Å². The molecule has 2 rings (SSSR count). The van der Waals surface area contributed by atoms with E-state index in [0.29, 0.717) is 18.3 Å². The molecule has 2 heterocycles. The van der Waals surface area contributed by atoms with Gasteiger partial charge in [0.1, 0.15) is 6.54 Å². The van der Waals surface area contributed by atoms with Crippen molar-refractivity contribution in [2.75, 3.05) is 6.54 Å². The SMILES string of the molecule is CCCNCc1cn(Cc2nnc(CC)o2)nn1. The predicted octanol–water partition coefficient (Wildman–Crippen LogP) is 0.771. The summed E-state index contributed by atoms with van der Waals surface area (Å²) in [5, 5.41) is 19.2. The van der Waals surface area contributed by atoms with E-state index in [1.165, 1.54) is 0 Å². The largest absolute Gasteiger partial charge is 0.423 e. The molecule has 0 saturated carbocycles. The highest BCUT2D eigenvalue weighted by Gasteiger charge is 2.07. The van der Waals surface area contributed by atoms with Gasteiger partial charge in [0.25, 0.3) is 0 Å². The molecule has 0 aliphatic heterocycles. The first-order chi connectivity index (χ1) is 8.81. The first-order valence-electron chi connectivity index (χ1n) is 6.22. The van der Waals surface area contributed by atoms with Crippen molar-refractivity contribution in [2.45, 2.75) is 39.8 Å². The number of hydrogen-bond donors (Lipinski definition) is 1. The Bertz CT molecular complexity index is 477. The van der Waals surface area contributed by atoms with Crippen molar-refractivity contribution in [2.24, 2.45) is 0 Å². The molecule has 0 radical (unpaired) electrons. The zero-order valence-corrected chi connectivity index (χ0v) is 10.8. The standard InChI is InChI=1S/C11H18N6O/c1-3-5-12-6-9-7-17(16-13-9)8-11-15-14-10(4-2)18-11/h7,12H,3-6,8H2,1-2H3. The monoisotopic (exact) mass is 250 g/mol. The maximum absolute atomic E-state index is 5.42. The minimum absolute atomic E-state index is 0.466. The second-order valence-corrected chi connectivity index (χ2v) is 4.03. The van der Waals surface area contributed by atoms with Crippen LogP contribution in [0.3, 0.4) is 0 Å². The van der Waals surface area contributed by atoms with Crippen LogP contribution in [-0.4, -0.2) is 31.7 Å². The molecule has 0 saturated heterocycles. The van der Waals surface area contributed by atoms with Crippen LogP contribution in [0.15, 0.2) is 10.6 Å². The molecule has 2 aromatic rings. The Morgan fingerprint density at radius 3 is 2.78 bits per heavy atom. The Hall–Kier alpha value is -1.76. The van der Waals surface area contributed by atoms with Crippen molar-refractivity contribution < 1.29 is 4.42 Å². The van der Waals surface area contributed by atoms with Gasteiger partial charge in [0.05, 0.1) is 11.9 Å². The first kappa shape index (κ1) is 12.7. The normalized spacial score (nSPS) is 11.0. The smallest absolute Gasteiger partial charge is 0.237 e. The zero-order valence-electron chi connectivity index (χ0n) is 10.8. The highest BCUT2D eigenvalue weighted by Crippen LogP contribution is 2.03. The molecule has 0 aliphatic carbocycles. The van der Waals surface area contributed by atoms with E-state index in [1.54, 1.807) is 4.68 Å². The fraction of sp³-hybridized carbons (Fsp3) is 0.636. The predicted molar refractivity (Wildman–Crippen MR) is 64.8 cm³/mol. The maximum atomic E-state index is 5.42. The molecule has 0 atom stereocenters. The molecule has 7 nitrogen and oxygen atoms in total. The van der Waals surface area contributed by atoms with E-state index < -0.39 is 0 Å². The third kappa shape index (κ3) is 3.36. The van der Waals surface area contributed by atoms with Crippen LogP contribution in [-0.2, 0) is 19.5 Å². The van der Waals surface area contributed by atoms with Crippen LogP contribution in [0.5, 0.6) is 0 Å². The molecule has 0 fully saturated rings. The minimum Gasteiger partial charge on any atom is -0.423 e. The van der Waals surface area contributed by atoms with Crippen LogP contribution in [0.4, 0.5) is 0 Å². The number of hydrogen-bond acceptors (Lipinski definition) is 6. The highest BCUT2D eigenvalue weighted by molar-refractivity contribution is 4.93. The summed E-state index contributed by atoms with van der Waals surface area (Å²) in [6.07, 6.45) is 3.74. The molecule has 0 aromatic carbocycles. The van der Waals surface area contributed by atoms with Crippen molar-refractivity contribution >= 4 is 0 Å². The van der Waals surface area contributed by atoms with Gasteiger partial charge in [0.2, 0.25) is 11.8 Å². The Kier molecular flexibility index (Phi) is 4.40. The lowest BCUT2D eigenvalue weighted by atomic mass is 10.4. The molecule has 98 valence electrons. The van der Waals surface area contributed by atoms with E-state index in [1.807, 2.05) is 13.1 Å². The number of nitrogens with one attached hydrogen (secondary N) is 1. The lowest BCUT2D eigenvalue weighted by molar-refractivity contribution is 0.430. The Morgan fingerprint density at radius 2 is 2.06 bits per heavy atom. The van der Waals surface area contributed by atoms with Gasteiger partial charge < -0.3 is 9.73 Å². The lowest BCUT2D eigenvalue weighted by Crippen LogP contribution is -2.13. The Labute approximate surface area is 106 Å². The maximum Gasteiger partial charge on any atom is 0.237 e. The molecule has 7 heteroatoms. The van der Waals surface area contributed by atoms with Gasteiger partial charge in [-0.15, -0.1) is 15.3 Å². The fourth-order valence-corrected chi connectivity index (χ4v) is 1.52. The summed E-state index contributed by atoms with van der Waals surface area (Å²) >= 11 is 0. The van der Waals surface area contributed by atoms with Gasteiger partial charge in [0, 0.05) is 13.0 Å². The Morgan fingerprint density at radius 1 is 1.22 bits per heavy atom. The van der Waals surface area contributed by atoms with Crippen LogP contribution >= 0.6 is 0 Å². The Balaban J connectivity index is 1.89. The molecular formula is C11H18N6O. The molecular weight excluding hydrogens is 232 g/mol. The first-order valence-corrected chi connectivity index (χ1v) is 6.22. The summed E-state index contributed by atoms with van der Waals surface area (Å²) in [6.45, 7) is 6.29. The van der Waals surface area contributed by atoms with Crippen LogP contribution in [0, 0.1) is 0 Å². The average Bonchev–Trinajstić information content (AvgIpc) is 3.00. The van der Waals surface area contributed by atoms with E-state index in [-0.39, 0.29) is 0 Å². The van der Waals surface area contributed by atoms with E-state index in [4.69, 9.17) is 4.42 Å². The molecule has 1 N–H and O–H groups in total. The van der Waals surface area contributed by atoms with Gasteiger partial charge in [-0.25, -0.2) is 4.68 Å². The minimum atomic E-state index is 0.466. The molecule has 18 heavy (non-hydrogen) atoms. The van der Waals surface area contributed by atoms with Gasteiger partial charge in [-0.1, -0.05) is 19.1 Å². The number of rotatable bonds is 7. The second-order valence-electron chi connectivity index (χ2n) is 4.03. The van der Waals surface area contributed by atoms with Gasteiger partial charge in [-0.3, -0.25) is 0 Å². The fourth-order valence-electron chi connectivity index (χ4n) is 1.52. The molecule has 2 aromatic heterocycles. The molecule has 0 unspecified atom stereocenters. The summed E-state index contributed by atoms with van der Waals surface area (Å²) in [4.78, 5) is 0. The molecule has 0 aliphatic rings. The van der Waals surface area contributed by atoms with E-state index in [0.717, 1.165) is 31.6 Å². The van der Waals surface area contributed by atoms with Gasteiger partial charge >= 0.3 is 0 Å². The van der Waals surface area contributed by atoms with Crippen LogP contribution in [0.2, 0.25) is 0 Å². The number of aryl methyl sites for hydroxylation is 1. The summed E-state index contributed by atoms with van der Waals surface area (Å²) in [5.41, 5.74) is 0.915. The number of aromatic nitrogens is 5. The van der Waals surface area contributed by atoms with Crippen molar-refractivity contribution in [1.82, 2.24) is 30.5 Å². The summed E-state index contributed by atoms with van der Waals surface area (Å²) in [7, 11) is 0. The average molecular weight is 250 g/mol. The number of nitrogens with zero attached hydrogens (tertiary/aromatic N) is 5. The quantitative estimate of drug-likeness (QED) is 0.731. The van der Waals surface area contributed by atoms with Crippen LogP contribution in [0.1, 0.15) is 37.7 Å². The van der Waals surface area contributed by atoms with E-state index >= 15 is 0 Å². The molecule has 0 amide bonds. The third-order valence-corrected chi connectivity index (χ3v) is 2.43.